The molecule has 14 heavy (non-hydrogen) atoms. The van der Waals surface area contributed by atoms with Crippen LogP contribution in [0.1, 0.15) is 32.6 Å². The summed E-state index contributed by atoms with van der Waals surface area (Å²) in [5, 5.41) is 3.53. The fourth-order valence-corrected chi connectivity index (χ4v) is 1.95. The molecule has 1 aliphatic rings. The molecule has 0 aromatic carbocycles. The molecular formula is C12H24N2. The van der Waals surface area contributed by atoms with Gasteiger partial charge in [-0.1, -0.05) is 19.1 Å². The quantitative estimate of drug-likeness (QED) is 0.654. The summed E-state index contributed by atoms with van der Waals surface area (Å²) in [6, 6.07) is 0.771. The molecule has 1 aliphatic heterocycles. The van der Waals surface area contributed by atoms with Crippen molar-refractivity contribution in [1.82, 2.24) is 10.2 Å². The third-order valence-corrected chi connectivity index (χ3v) is 3.02. The van der Waals surface area contributed by atoms with Gasteiger partial charge in [0.15, 0.2) is 0 Å². The highest BCUT2D eigenvalue weighted by Gasteiger charge is 2.14. The third-order valence-electron chi connectivity index (χ3n) is 3.02. The molecule has 2 heteroatoms. The topological polar surface area (TPSA) is 15.3 Å². The fraction of sp³-hybridized carbons (Fsp3) is 0.833. The largest absolute Gasteiger partial charge is 0.314 e. The SMILES string of the molecule is C=C(CC)CN(C)CCC1CCCN1. The predicted molar refractivity (Wildman–Crippen MR) is 62.6 cm³/mol. The highest BCUT2D eigenvalue weighted by atomic mass is 15.1. The van der Waals surface area contributed by atoms with Gasteiger partial charge in [0.25, 0.3) is 0 Å². The highest BCUT2D eigenvalue weighted by Crippen LogP contribution is 2.09. The van der Waals surface area contributed by atoms with Gasteiger partial charge in [-0.05, 0) is 45.8 Å². The zero-order valence-electron chi connectivity index (χ0n) is 9.68. The summed E-state index contributed by atoms with van der Waals surface area (Å²) in [6.07, 6.45) is 5.11. The zero-order chi connectivity index (χ0) is 10.4. The molecule has 1 atom stereocenters. The van der Waals surface area contributed by atoms with E-state index in [0.29, 0.717) is 0 Å². The molecule has 0 bridgehead atoms. The van der Waals surface area contributed by atoms with Gasteiger partial charge in [-0.3, -0.25) is 0 Å². The molecule has 0 saturated carbocycles. The lowest BCUT2D eigenvalue weighted by atomic mass is 10.1. The van der Waals surface area contributed by atoms with Crippen LogP contribution in [0.2, 0.25) is 0 Å². The molecule has 2 nitrogen and oxygen atoms in total. The molecule has 0 aromatic heterocycles. The second-order valence-corrected chi connectivity index (χ2v) is 4.42. The van der Waals surface area contributed by atoms with Crippen molar-refractivity contribution in [2.45, 2.75) is 38.6 Å². The first-order valence-electron chi connectivity index (χ1n) is 5.81. The van der Waals surface area contributed by atoms with Crippen LogP contribution in [-0.4, -0.2) is 37.6 Å². The van der Waals surface area contributed by atoms with E-state index < -0.39 is 0 Å². The van der Waals surface area contributed by atoms with E-state index in [9.17, 15) is 0 Å². The molecule has 1 rings (SSSR count). The maximum atomic E-state index is 4.04. The van der Waals surface area contributed by atoms with Crippen LogP contribution < -0.4 is 5.32 Å². The Morgan fingerprint density at radius 2 is 2.36 bits per heavy atom. The minimum atomic E-state index is 0.771. The third kappa shape index (κ3) is 4.25. The van der Waals surface area contributed by atoms with Crippen molar-refractivity contribution in [1.29, 1.82) is 0 Å². The lowest BCUT2D eigenvalue weighted by Crippen LogP contribution is -2.29. The second-order valence-electron chi connectivity index (χ2n) is 4.42. The Bertz CT molecular complexity index is 171. The minimum Gasteiger partial charge on any atom is -0.314 e. The molecule has 1 heterocycles. The summed E-state index contributed by atoms with van der Waals surface area (Å²) >= 11 is 0. The van der Waals surface area contributed by atoms with Gasteiger partial charge in [0.05, 0.1) is 0 Å². The van der Waals surface area contributed by atoms with Crippen molar-refractivity contribution in [3.05, 3.63) is 12.2 Å². The van der Waals surface area contributed by atoms with E-state index in [1.807, 2.05) is 0 Å². The van der Waals surface area contributed by atoms with Gasteiger partial charge in [0, 0.05) is 12.6 Å². The predicted octanol–water partition coefficient (Wildman–Crippen LogP) is 2.03. The van der Waals surface area contributed by atoms with Gasteiger partial charge in [0.2, 0.25) is 0 Å². The maximum Gasteiger partial charge on any atom is 0.0187 e. The highest BCUT2D eigenvalue weighted by molar-refractivity contribution is 4.95. The van der Waals surface area contributed by atoms with E-state index in [1.54, 1.807) is 0 Å². The molecule has 1 N–H and O–H groups in total. The van der Waals surface area contributed by atoms with Crippen LogP contribution in [0.4, 0.5) is 0 Å². The summed E-state index contributed by atoms with van der Waals surface area (Å²) < 4.78 is 0. The van der Waals surface area contributed by atoms with Crippen molar-refractivity contribution < 1.29 is 0 Å². The van der Waals surface area contributed by atoms with Crippen molar-refractivity contribution in [2.75, 3.05) is 26.7 Å². The Morgan fingerprint density at radius 3 is 2.93 bits per heavy atom. The lowest BCUT2D eigenvalue weighted by molar-refractivity contribution is 0.333. The Hall–Kier alpha value is -0.340. The van der Waals surface area contributed by atoms with Crippen molar-refractivity contribution in [3.8, 4) is 0 Å². The summed E-state index contributed by atoms with van der Waals surface area (Å²) in [6.45, 7) is 9.68. The summed E-state index contributed by atoms with van der Waals surface area (Å²) in [4.78, 5) is 2.38. The Kier molecular flexibility index (Phi) is 5.20. The number of rotatable bonds is 6. The van der Waals surface area contributed by atoms with Crippen molar-refractivity contribution >= 4 is 0 Å². The fourth-order valence-electron chi connectivity index (χ4n) is 1.95. The molecule has 1 saturated heterocycles. The molecule has 1 unspecified atom stereocenters. The summed E-state index contributed by atoms with van der Waals surface area (Å²) in [7, 11) is 2.19. The van der Waals surface area contributed by atoms with Crippen molar-refractivity contribution in [2.24, 2.45) is 0 Å². The molecule has 0 spiro atoms. The first-order chi connectivity index (χ1) is 6.72. The van der Waals surface area contributed by atoms with E-state index in [1.165, 1.54) is 37.9 Å². The van der Waals surface area contributed by atoms with Crippen LogP contribution in [-0.2, 0) is 0 Å². The smallest absolute Gasteiger partial charge is 0.0187 e. The molecule has 0 aromatic rings. The first-order valence-corrected chi connectivity index (χ1v) is 5.81. The zero-order valence-corrected chi connectivity index (χ0v) is 9.68. The molecular weight excluding hydrogens is 172 g/mol. The van der Waals surface area contributed by atoms with Crippen LogP contribution in [0.5, 0.6) is 0 Å². The maximum absolute atomic E-state index is 4.04. The van der Waals surface area contributed by atoms with E-state index in [2.05, 4.69) is 30.8 Å². The van der Waals surface area contributed by atoms with Crippen LogP contribution in [0.3, 0.4) is 0 Å². The Labute approximate surface area is 88.4 Å². The second kappa shape index (κ2) is 6.20. The number of hydrogen-bond acceptors (Lipinski definition) is 2. The molecule has 0 aliphatic carbocycles. The number of nitrogens with one attached hydrogen (secondary N) is 1. The normalized spacial score (nSPS) is 21.8. The molecule has 0 radical (unpaired) electrons. The number of hydrogen-bond donors (Lipinski definition) is 1. The van der Waals surface area contributed by atoms with Crippen LogP contribution >= 0.6 is 0 Å². The van der Waals surface area contributed by atoms with Crippen LogP contribution in [0.15, 0.2) is 12.2 Å². The number of likely N-dealkylation sites (N-methyl/N-ethyl adjacent to an activating group) is 1. The van der Waals surface area contributed by atoms with E-state index >= 15 is 0 Å². The van der Waals surface area contributed by atoms with E-state index in [-0.39, 0.29) is 0 Å². The van der Waals surface area contributed by atoms with E-state index in [0.717, 1.165) is 19.0 Å². The average Bonchev–Trinajstić information content (AvgIpc) is 2.67. The average molecular weight is 196 g/mol. The Balaban J connectivity index is 2.07. The lowest BCUT2D eigenvalue weighted by Gasteiger charge is -2.19. The number of nitrogens with zero attached hydrogens (tertiary/aromatic N) is 1. The summed E-state index contributed by atoms with van der Waals surface area (Å²) in [5.74, 6) is 0. The minimum absolute atomic E-state index is 0.771. The van der Waals surface area contributed by atoms with Gasteiger partial charge in [-0.15, -0.1) is 0 Å². The van der Waals surface area contributed by atoms with Gasteiger partial charge >= 0.3 is 0 Å². The molecule has 0 amide bonds. The standard InChI is InChI=1S/C12H24N2/c1-4-11(2)10-14(3)9-7-12-6-5-8-13-12/h12-13H,2,4-10H2,1,3H3. The monoisotopic (exact) mass is 196 g/mol. The first kappa shape index (κ1) is 11.7. The van der Waals surface area contributed by atoms with Gasteiger partial charge in [-0.25, -0.2) is 0 Å². The van der Waals surface area contributed by atoms with Gasteiger partial charge in [0.1, 0.15) is 0 Å². The Morgan fingerprint density at radius 1 is 1.57 bits per heavy atom. The van der Waals surface area contributed by atoms with Crippen LogP contribution in [0.25, 0.3) is 0 Å². The van der Waals surface area contributed by atoms with Crippen molar-refractivity contribution in [3.63, 3.8) is 0 Å². The summed E-state index contributed by atoms with van der Waals surface area (Å²) in [5.41, 5.74) is 1.34. The molecule has 82 valence electrons. The van der Waals surface area contributed by atoms with Crippen LogP contribution in [0, 0.1) is 0 Å². The van der Waals surface area contributed by atoms with E-state index in [4.69, 9.17) is 0 Å². The molecule has 1 fully saturated rings. The van der Waals surface area contributed by atoms with Gasteiger partial charge in [-0.2, -0.15) is 0 Å². The van der Waals surface area contributed by atoms with Gasteiger partial charge < -0.3 is 10.2 Å².